The van der Waals surface area contributed by atoms with Crippen LogP contribution in [-0.4, -0.2) is 31.9 Å². The van der Waals surface area contributed by atoms with Crippen LogP contribution in [-0.2, 0) is 4.79 Å². The number of thioether (sulfide) groups is 1. The van der Waals surface area contributed by atoms with Gasteiger partial charge in [-0.25, -0.2) is 0 Å². The molecule has 1 amide bonds. The van der Waals surface area contributed by atoms with E-state index in [1.165, 1.54) is 35.0 Å². The third kappa shape index (κ3) is 4.26. The summed E-state index contributed by atoms with van der Waals surface area (Å²) in [4.78, 5) is 27.3. The van der Waals surface area contributed by atoms with E-state index in [2.05, 4.69) is 17.0 Å². The van der Waals surface area contributed by atoms with Gasteiger partial charge in [0, 0.05) is 17.7 Å². The van der Waals surface area contributed by atoms with E-state index in [1.54, 1.807) is 18.2 Å². The van der Waals surface area contributed by atoms with Crippen molar-refractivity contribution in [3.8, 4) is 11.3 Å². The Labute approximate surface area is 188 Å². The lowest BCUT2D eigenvalue weighted by Crippen LogP contribution is -2.35. The van der Waals surface area contributed by atoms with Crippen LogP contribution in [0.25, 0.3) is 17.4 Å². The van der Waals surface area contributed by atoms with Crippen molar-refractivity contribution in [3.05, 3.63) is 57.3 Å². The third-order valence-corrected chi connectivity index (χ3v) is 6.07. The zero-order valence-corrected chi connectivity index (χ0v) is 18.4. The summed E-state index contributed by atoms with van der Waals surface area (Å²) < 4.78 is 5.83. The molecule has 1 aromatic heterocycles. The van der Waals surface area contributed by atoms with E-state index in [9.17, 15) is 14.9 Å². The second-order valence-electron chi connectivity index (χ2n) is 7.43. The van der Waals surface area contributed by atoms with E-state index < -0.39 is 10.8 Å². The first kappa shape index (κ1) is 21.7. The van der Waals surface area contributed by atoms with Crippen molar-refractivity contribution >= 4 is 45.5 Å². The maximum Gasteiger partial charge on any atom is 0.283 e. The van der Waals surface area contributed by atoms with E-state index in [4.69, 9.17) is 9.83 Å². The second kappa shape index (κ2) is 8.91. The molecule has 0 bridgehead atoms. The molecule has 0 radical (unpaired) electrons. The zero-order chi connectivity index (χ0) is 22.8. The van der Waals surface area contributed by atoms with Crippen molar-refractivity contribution in [2.24, 2.45) is 10.1 Å². The van der Waals surface area contributed by atoms with Gasteiger partial charge in [-0.15, -0.1) is 0 Å². The first-order chi connectivity index (χ1) is 15.4. The van der Waals surface area contributed by atoms with Crippen LogP contribution in [0.4, 0.5) is 5.69 Å². The van der Waals surface area contributed by atoms with Crippen LogP contribution in [0, 0.1) is 22.4 Å². The van der Waals surface area contributed by atoms with E-state index >= 15 is 0 Å². The molecule has 2 aromatic rings. The lowest BCUT2D eigenvalue weighted by molar-refractivity contribution is -0.384. The number of non-ortho nitro benzene ring substituents is 1. The van der Waals surface area contributed by atoms with E-state index in [-0.39, 0.29) is 17.1 Å². The minimum atomic E-state index is -0.525. The molecule has 10 heteroatoms. The van der Waals surface area contributed by atoms with Gasteiger partial charge in [0.2, 0.25) is 5.17 Å². The minimum Gasteiger partial charge on any atom is -0.457 e. The van der Waals surface area contributed by atoms with Gasteiger partial charge in [0.05, 0.1) is 10.5 Å². The summed E-state index contributed by atoms with van der Waals surface area (Å²) in [6.07, 6.45) is 5.44. The molecule has 0 aliphatic carbocycles. The number of aliphatic imine (C=N–C) groups is 1. The van der Waals surface area contributed by atoms with Crippen molar-refractivity contribution < 1.29 is 14.1 Å². The number of aryl methyl sites for hydroxylation is 1. The fourth-order valence-corrected chi connectivity index (χ4v) is 4.29. The van der Waals surface area contributed by atoms with Gasteiger partial charge in [0.25, 0.3) is 11.6 Å². The van der Waals surface area contributed by atoms with Crippen molar-refractivity contribution in [1.82, 2.24) is 5.01 Å². The van der Waals surface area contributed by atoms with E-state index in [0.29, 0.717) is 22.3 Å². The Morgan fingerprint density at radius 1 is 1.28 bits per heavy atom. The Morgan fingerprint density at radius 3 is 2.84 bits per heavy atom. The highest BCUT2D eigenvalue weighted by Crippen LogP contribution is 2.32. The van der Waals surface area contributed by atoms with Crippen molar-refractivity contribution in [1.29, 1.82) is 5.41 Å². The normalized spacial score (nSPS) is 16.9. The summed E-state index contributed by atoms with van der Waals surface area (Å²) in [5.74, 6) is 0.201. The number of nitro groups is 1. The number of furan rings is 1. The van der Waals surface area contributed by atoms with Gasteiger partial charge < -0.3 is 4.42 Å². The maximum absolute atomic E-state index is 12.6. The highest BCUT2D eigenvalue weighted by atomic mass is 32.2. The van der Waals surface area contributed by atoms with Crippen LogP contribution in [0.1, 0.15) is 43.9 Å². The molecule has 164 valence electrons. The lowest BCUT2D eigenvalue weighted by atomic mass is 10.1. The molecule has 1 aromatic carbocycles. The summed E-state index contributed by atoms with van der Waals surface area (Å²) in [5, 5.41) is 26.6. The number of fused-ring (bicyclic) bond motifs is 1. The molecule has 0 spiro atoms. The molecule has 2 aliphatic rings. The Hall–Kier alpha value is -3.53. The molecule has 0 fully saturated rings. The number of nitrogens with zero attached hydrogens (tertiary/aromatic N) is 4. The van der Waals surface area contributed by atoms with Gasteiger partial charge >= 0.3 is 0 Å². The number of amides is 1. The predicted octanol–water partition coefficient (Wildman–Crippen LogP) is 5.36. The van der Waals surface area contributed by atoms with Crippen molar-refractivity contribution in [3.63, 3.8) is 0 Å². The van der Waals surface area contributed by atoms with Crippen LogP contribution in [0.15, 0.2) is 50.4 Å². The average Bonchev–Trinajstić information content (AvgIpc) is 3.38. The Balaban J connectivity index is 1.59. The summed E-state index contributed by atoms with van der Waals surface area (Å²) in [6.45, 7) is 3.96. The summed E-state index contributed by atoms with van der Waals surface area (Å²) in [6, 6.07) is 7.88. The SMILES string of the molecule is CCCCCC1=NN2C(=N)/C(=C/c3ccc(-c4cc([N+](=O)[O-])ccc4C)o3)C(=O)N=C2S1. The molecule has 0 saturated carbocycles. The lowest BCUT2D eigenvalue weighted by Gasteiger charge is -2.19. The zero-order valence-electron chi connectivity index (χ0n) is 17.6. The largest absolute Gasteiger partial charge is 0.457 e. The quantitative estimate of drug-likeness (QED) is 0.261. The van der Waals surface area contributed by atoms with E-state index in [1.807, 2.05) is 6.92 Å². The minimum absolute atomic E-state index is 0.0351. The van der Waals surface area contributed by atoms with Gasteiger partial charge in [0.1, 0.15) is 16.6 Å². The predicted molar refractivity (Wildman–Crippen MR) is 125 cm³/mol. The van der Waals surface area contributed by atoms with Gasteiger partial charge in [0.15, 0.2) is 5.84 Å². The van der Waals surface area contributed by atoms with Gasteiger partial charge in [-0.05, 0) is 55.3 Å². The highest BCUT2D eigenvalue weighted by Gasteiger charge is 2.35. The number of rotatable bonds is 7. The maximum atomic E-state index is 12.6. The highest BCUT2D eigenvalue weighted by molar-refractivity contribution is 8.26. The van der Waals surface area contributed by atoms with Crippen LogP contribution in [0.2, 0.25) is 0 Å². The first-order valence-corrected chi connectivity index (χ1v) is 11.0. The monoisotopic (exact) mass is 451 g/mol. The number of benzene rings is 1. The van der Waals surface area contributed by atoms with Crippen LogP contribution in [0.3, 0.4) is 0 Å². The van der Waals surface area contributed by atoms with Crippen LogP contribution in [0.5, 0.6) is 0 Å². The molecular formula is C22H21N5O4S. The Morgan fingerprint density at radius 2 is 2.09 bits per heavy atom. The number of hydrazone groups is 1. The number of carbonyl (C=O) groups is 1. The fraction of sp³-hybridized carbons (Fsp3) is 0.273. The Bertz CT molecular complexity index is 1210. The van der Waals surface area contributed by atoms with Gasteiger partial charge in [-0.3, -0.25) is 20.3 Å². The standard InChI is InChI=1S/C22H21N5O4S/c1-3-4-5-6-19-25-26-20(23)17(21(28)24-22(26)32-19)12-15-9-10-18(31-15)16-11-14(27(29)30)8-7-13(16)2/h7-12,23H,3-6H2,1-2H3/b17-12-,23-20?. The fourth-order valence-electron chi connectivity index (χ4n) is 3.37. The smallest absolute Gasteiger partial charge is 0.283 e. The molecule has 32 heavy (non-hydrogen) atoms. The number of nitro benzene ring substituents is 1. The topological polar surface area (TPSA) is 125 Å². The van der Waals surface area contributed by atoms with Gasteiger partial charge in [-0.1, -0.05) is 25.8 Å². The number of hydrogen-bond donors (Lipinski definition) is 1. The number of hydrogen-bond acceptors (Lipinski definition) is 7. The second-order valence-corrected chi connectivity index (χ2v) is 8.47. The number of unbranched alkanes of at least 4 members (excludes halogenated alkanes) is 2. The molecular weight excluding hydrogens is 430 g/mol. The molecule has 4 rings (SSSR count). The van der Waals surface area contributed by atoms with E-state index in [0.717, 1.165) is 36.3 Å². The number of carbonyl (C=O) groups excluding carboxylic acids is 1. The molecule has 2 aliphatic heterocycles. The third-order valence-electron chi connectivity index (χ3n) is 5.10. The molecule has 3 heterocycles. The molecule has 0 atom stereocenters. The molecule has 0 saturated heterocycles. The number of amidine groups is 2. The van der Waals surface area contributed by atoms with Crippen LogP contribution < -0.4 is 0 Å². The summed E-state index contributed by atoms with van der Waals surface area (Å²) in [7, 11) is 0. The summed E-state index contributed by atoms with van der Waals surface area (Å²) >= 11 is 1.33. The van der Waals surface area contributed by atoms with Crippen molar-refractivity contribution in [2.45, 2.75) is 39.5 Å². The van der Waals surface area contributed by atoms with Crippen molar-refractivity contribution in [2.75, 3.05) is 0 Å². The molecule has 0 unspecified atom stereocenters. The number of nitrogens with one attached hydrogen (secondary N) is 1. The summed E-state index contributed by atoms with van der Waals surface area (Å²) in [5.41, 5.74) is 1.45. The molecule has 9 nitrogen and oxygen atoms in total. The Kier molecular flexibility index (Phi) is 6.04. The average molecular weight is 452 g/mol. The van der Waals surface area contributed by atoms with Crippen LogP contribution >= 0.6 is 11.8 Å². The first-order valence-electron chi connectivity index (χ1n) is 10.2. The van der Waals surface area contributed by atoms with Gasteiger partial charge in [-0.2, -0.15) is 15.1 Å². The molecule has 1 N–H and O–H groups in total.